The van der Waals surface area contributed by atoms with Crippen LogP contribution in [-0.4, -0.2) is 41.4 Å². The predicted octanol–water partition coefficient (Wildman–Crippen LogP) is 4.92. The molecule has 0 N–H and O–H groups in total. The molecule has 0 bridgehead atoms. The Hall–Kier alpha value is -1.81. The summed E-state index contributed by atoms with van der Waals surface area (Å²) in [4.78, 5) is 0. The second-order valence-electron chi connectivity index (χ2n) is 9.77. The highest BCUT2D eigenvalue weighted by atomic mass is 28.5. The number of hydrogen-bond acceptors (Lipinski definition) is 2. The third-order valence-corrected chi connectivity index (χ3v) is 16.3. The summed E-state index contributed by atoms with van der Waals surface area (Å²) in [5, 5.41) is 2.07. The van der Waals surface area contributed by atoms with Crippen molar-refractivity contribution in [3.05, 3.63) is 66.9 Å². The van der Waals surface area contributed by atoms with Crippen molar-refractivity contribution in [2.24, 2.45) is 0 Å². The maximum absolute atomic E-state index is 16.0. The Balaban J connectivity index is 2.14. The van der Waals surface area contributed by atoms with E-state index in [0.717, 1.165) is 16.1 Å². The normalized spacial score (nSPS) is 20.0. The quantitative estimate of drug-likeness (QED) is 0.423. The Bertz CT molecular complexity index is 1010. The zero-order valence-electron chi connectivity index (χ0n) is 17.9. The Morgan fingerprint density at radius 3 is 1.76 bits per heavy atom. The van der Waals surface area contributed by atoms with Gasteiger partial charge in [-0.15, -0.1) is 0 Å². The highest BCUT2D eigenvalue weighted by Gasteiger charge is 2.83. The van der Waals surface area contributed by atoms with E-state index in [4.69, 9.17) is 0 Å². The first kappa shape index (κ1) is 20.5. The van der Waals surface area contributed by atoms with Crippen molar-refractivity contribution in [3.63, 3.8) is 0 Å². The minimum absolute atomic E-state index is 0.662. The standard InChI is InChI=1S/C22H29F2N3Si2/c1-21(2,3)26-28(19-13-8-7-9-14-19,27(22(4,5)6)29(26,23)24)25-17-16-18-12-10-11-15-20(18)25/h7-17H,1-6H3. The van der Waals surface area contributed by atoms with Gasteiger partial charge in [0.2, 0.25) is 0 Å². The topological polar surface area (TPSA) is 11.4 Å². The minimum atomic E-state index is -4.83. The average molecular weight is 430 g/mol. The zero-order valence-corrected chi connectivity index (χ0v) is 19.9. The van der Waals surface area contributed by atoms with Crippen molar-refractivity contribution in [1.82, 2.24) is 12.7 Å². The van der Waals surface area contributed by atoms with Crippen LogP contribution in [-0.2, 0) is 0 Å². The fourth-order valence-electron chi connectivity index (χ4n) is 4.90. The van der Waals surface area contributed by atoms with Crippen molar-refractivity contribution in [3.8, 4) is 0 Å². The Labute approximate surface area is 174 Å². The second kappa shape index (κ2) is 6.34. The highest BCUT2D eigenvalue weighted by Crippen LogP contribution is 2.50. The molecule has 0 saturated carbocycles. The maximum atomic E-state index is 16.0. The molecule has 1 aliphatic rings. The molecule has 4 rings (SSSR count). The Morgan fingerprint density at radius 2 is 1.21 bits per heavy atom. The first-order valence-electron chi connectivity index (χ1n) is 10.0. The third-order valence-electron chi connectivity index (χ3n) is 5.60. The Kier molecular flexibility index (Phi) is 4.48. The van der Waals surface area contributed by atoms with Crippen LogP contribution < -0.4 is 5.19 Å². The van der Waals surface area contributed by atoms with Crippen LogP contribution in [0.5, 0.6) is 0 Å². The van der Waals surface area contributed by atoms with Crippen LogP contribution >= 0.6 is 0 Å². The summed E-state index contributed by atoms with van der Waals surface area (Å²) in [6.07, 6.45) is 2.02. The zero-order chi connectivity index (χ0) is 21.2. The summed E-state index contributed by atoms with van der Waals surface area (Å²) in [7, 11) is -8.01. The van der Waals surface area contributed by atoms with Gasteiger partial charge in [-0.25, -0.2) is 16.7 Å². The molecule has 3 aromatic rings. The molecule has 1 aliphatic heterocycles. The number of hydrogen-bond donors (Lipinski definition) is 0. The summed E-state index contributed by atoms with van der Waals surface area (Å²) in [6, 6.07) is 20.1. The molecular weight excluding hydrogens is 400 g/mol. The lowest BCUT2D eigenvalue weighted by Gasteiger charge is -2.69. The average Bonchev–Trinajstić information content (AvgIpc) is 3.02. The molecule has 1 saturated heterocycles. The number of halogens is 2. The van der Waals surface area contributed by atoms with Gasteiger partial charge < -0.3 is 4.23 Å². The second-order valence-corrected chi connectivity index (χ2v) is 15.8. The van der Waals surface area contributed by atoms with Crippen LogP contribution in [0.25, 0.3) is 10.9 Å². The number of nitrogens with zero attached hydrogens (tertiary/aromatic N) is 3. The summed E-state index contributed by atoms with van der Waals surface area (Å²) in [5.41, 5.74) is -0.313. The lowest BCUT2D eigenvalue weighted by molar-refractivity contribution is 0.125. The lowest BCUT2D eigenvalue weighted by Crippen LogP contribution is -3.01. The number of aromatic nitrogens is 1. The third kappa shape index (κ3) is 2.79. The highest BCUT2D eigenvalue weighted by molar-refractivity contribution is 7.06. The fourth-order valence-corrected chi connectivity index (χ4v) is 16.4. The Morgan fingerprint density at radius 1 is 0.690 bits per heavy atom. The molecule has 0 atom stereocenters. The van der Waals surface area contributed by atoms with Crippen LogP contribution in [0.1, 0.15) is 41.5 Å². The van der Waals surface area contributed by atoms with Crippen LogP contribution in [0.3, 0.4) is 0 Å². The molecule has 1 fully saturated rings. The minimum Gasteiger partial charge on any atom is -0.345 e. The van der Waals surface area contributed by atoms with Crippen molar-refractivity contribution in [2.45, 2.75) is 52.6 Å². The molecule has 0 unspecified atom stereocenters. The molecule has 7 heteroatoms. The van der Waals surface area contributed by atoms with E-state index < -0.39 is 28.7 Å². The predicted molar refractivity (Wildman–Crippen MR) is 120 cm³/mol. The van der Waals surface area contributed by atoms with Crippen LogP contribution in [0.15, 0.2) is 66.9 Å². The fraction of sp³-hybridized carbons (Fsp3) is 0.364. The van der Waals surface area contributed by atoms with Gasteiger partial charge in [-0.05, 0) is 70.4 Å². The van der Waals surface area contributed by atoms with E-state index in [2.05, 4.69) is 10.3 Å². The molecule has 0 spiro atoms. The van der Waals surface area contributed by atoms with E-state index in [1.807, 2.05) is 102 Å². The molecule has 0 aliphatic carbocycles. The van der Waals surface area contributed by atoms with E-state index in [1.165, 1.54) is 0 Å². The summed E-state index contributed by atoms with van der Waals surface area (Å²) in [6.45, 7) is 11.5. The molecule has 0 amide bonds. The van der Waals surface area contributed by atoms with E-state index in [0.29, 0.717) is 0 Å². The molecule has 29 heavy (non-hydrogen) atoms. The number of para-hydroxylation sites is 1. The summed E-state index contributed by atoms with van der Waals surface area (Å²) < 4.78 is 37.5. The van der Waals surface area contributed by atoms with Gasteiger partial charge in [0.1, 0.15) is 0 Å². The largest absolute Gasteiger partial charge is 0.592 e. The van der Waals surface area contributed by atoms with Gasteiger partial charge in [0.15, 0.2) is 0 Å². The number of benzene rings is 2. The molecule has 2 heterocycles. The van der Waals surface area contributed by atoms with Crippen LogP contribution in [0.4, 0.5) is 8.22 Å². The van der Waals surface area contributed by atoms with Gasteiger partial charge in [0.05, 0.1) is 0 Å². The first-order valence-corrected chi connectivity index (χ1v) is 13.5. The number of rotatable bonds is 2. The van der Waals surface area contributed by atoms with E-state index >= 15 is 8.22 Å². The molecule has 1 aromatic heterocycles. The van der Waals surface area contributed by atoms with Crippen molar-refractivity contribution >= 4 is 33.7 Å². The molecule has 2 aromatic carbocycles. The van der Waals surface area contributed by atoms with Crippen molar-refractivity contribution < 1.29 is 8.22 Å². The number of fused-ring (bicyclic) bond motifs is 1. The molecular formula is C22H29F2N3Si2. The van der Waals surface area contributed by atoms with Gasteiger partial charge >= 0.3 is 17.6 Å². The SMILES string of the molecule is CC(C)(C)N1[Si](F)(F)N(C(C)(C)C)[Si]1(c1ccccc1)n1ccc2ccccc21. The summed E-state index contributed by atoms with van der Waals surface area (Å²) in [5.74, 6) is 0. The maximum Gasteiger partial charge on any atom is 0.592 e. The monoisotopic (exact) mass is 429 g/mol. The van der Waals surface area contributed by atoms with Crippen molar-refractivity contribution in [2.75, 3.05) is 0 Å². The summed E-state index contributed by atoms with van der Waals surface area (Å²) >= 11 is 0. The van der Waals surface area contributed by atoms with Gasteiger partial charge in [-0.2, -0.15) is 0 Å². The van der Waals surface area contributed by atoms with Gasteiger partial charge in [-0.3, -0.25) is 0 Å². The lowest BCUT2D eigenvalue weighted by atomic mass is 10.1. The molecule has 3 nitrogen and oxygen atoms in total. The van der Waals surface area contributed by atoms with E-state index in [1.54, 1.807) is 8.46 Å². The first-order chi connectivity index (χ1) is 13.4. The molecule has 0 radical (unpaired) electrons. The van der Waals surface area contributed by atoms with E-state index in [-0.39, 0.29) is 0 Å². The van der Waals surface area contributed by atoms with Gasteiger partial charge in [0, 0.05) is 16.6 Å². The smallest absolute Gasteiger partial charge is 0.345 e. The van der Waals surface area contributed by atoms with Gasteiger partial charge in [-0.1, -0.05) is 48.5 Å². The van der Waals surface area contributed by atoms with Gasteiger partial charge in [0.25, 0.3) is 0 Å². The van der Waals surface area contributed by atoms with E-state index in [9.17, 15) is 0 Å². The van der Waals surface area contributed by atoms with Crippen LogP contribution in [0.2, 0.25) is 0 Å². The molecule has 154 valence electrons. The van der Waals surface area contributed by atoms with Crippen LogP contribution in [0, 0.1) is 0 Å². The van der Waals surface area contributed by atoms with Crippen molar-refractivity contribution in [1.29, 1.82) is 0 Å².